The molecule has 0 aliphatic carbocycles. The van der Waals surface area contributed by atoms with Crippen LogP contribution < -0.4 is 5.32 Å². The largest absolute Gasteiger partial charge is 0.324 e. The number of fused-ring (bicyclic) bond motifs is 2. The zero-order chi connectivity index (χ0) is 15.8. The maximum absolute atomic E-state index is 6.35. The predicted molar refractivity (Wildman–Crippen MR) is 99.5 cm³/mol. The monoisotopic (exact) mass is 383 g/mol. The maximum Gasteiger partial charge on any atom is 0.146 e. The molecule has 0 saturated carbocycles. The van der Waals surface area contributed by atoms with Crippen molar-refractivity contribution in [2.75, 3.05) is 5.32 Å². The van der Waals surface area contributed by atoms with Crippen LogP contribution >= 0.6 is 27.5 Å². The predicted octanol–water partition coefficient (Wildman–Crippen LogP) is 5.94. The van der Waals surface area contributed by atoms with Gasteiger partial charge in [-0.15, -0.1) is 0 Å². The molecular formula is C18H11BrClN3. The number of para-hydroxylation sites is 2. The van der Waals surface area contributed by atoms with E-state index in [2.05, 4.69) is 31.2 Å². The maximum atomic E-state index is 6.35. The molecule has 0 atom stereocenters. The lowest BCUT2D eigenvalue weighted by atomic mass is 10.2. The third-order valence-electron chi connectivity index (χ3n) is 3.59. The Morgan fingerprint density at radius 1 is 0.870 bits per heavy atom. The SMILES string of the molecule is Clc1cc(Nc2nc3ccccc3cc2Br)nc2ccccc12. The highest BCUT2D eigenvalue weighted by Crippen LogP contribution is 2.30. The Labute approximate surface area is 146 Å². The lowest BCUT2D eigenvalue weighted by Gasteiger charge is -2.10. The van der Waals surface area contributed by atoms with Crippen LogP contribution in [0.3, 0.4) is 0 Å². The number of benzene rings is 2. The van der Waals surface area contributed by atoms with Crippen LogP contribution in [0.5, 0.6) is 0 Å². The lowest BCUT2D eigenvalue weighted by molar-refractivity contribution is 1.30. The van der Waals surface area contributed by atoms with E-state index in [1.165, 1.54) is 0 Å². The van der Waals surface area contributed by atoms with Crippen LogP contribution in [-0.4, -0.2) is 9.97 Å². The Hall–Kier alpha value is -2.17. The third-order valence-corrected chi connectivity index (χ3v) is 4.51. The quantitative estimate of drug-likeness (QED) is 0.464. The van der Waals surface area contributed by atoms with E-state index in [1.54, 1.807) is 0 Å². The number of hydrogen-bond acceptors (Lipinski definition) is 3. The number of rotatable bonds is 2. The van der Waals surface area contributed by atoms with E-state index < -0.39 is 0 Å². The van der Waals surface area contributed by atoms with Crippen molar-refractivity contribution in [3.8, 4) is 0 Å². The Morgan fingerprint density at radius 3 is 2.48 bits per heavy atom. The summed E-state index contributed by atoms with van der Waals surface area (Å²) in [5, 5.41) is 5.92. The molecule has 4 aromatic rings. The zero-order valence-electron chi connectivity index (χ0n) is 11.9. The minimum absolute atomic E-state index is 0.662. The Morgan fingerprint density at radius 2 is 1.61 bits per heavy atom. The van der Waals surface area contributed by atoms with Gasteiger partial charge in [0.2, 0.25) is 0 Å². The second kappa shape index (κ2) is 5.80. The molecule has 0 fully saturated rings. The summed E-state index contributed by atoms with van der Waals surface area (Å²) in [7, 11) is 0. The van der Waals surface area contributed by atoms with Gasteiger partial charge in [-0.25, -0.2) is 9.97 Å². The summed E-state index contributed by atoms with van der Waals surface area (Å²) in [5.74, 6) is 1.37. The van der Waals surface area contributed by atoms with E-state index in [4.69, 9.17) is 11.6 Å². The van der Waals surface area contributed by atoms with Crippen molar-refractivity contribution in [1.29, 1.82) is 0 Å². The van der Waals surface area contributed by atoms with E-state index in [0.29, 0.717) is 16.7 Å². The molecule has 0 radical (unpaired) electrons. The Kier molecular flexibility index (Phi) is 3.63. The van der Waals surface area contributed by atoms with Crippen LogP contribution in [0.25, 0.3) is 21.8 Å². The van der Waals surface area contributed by atoms with Crippen molar-refractivity contribution in [3.63, 3.8) is 0 Å². The number of nitrogens with one attached hydrogen (secondary N) is 1. The van der Waals surface area contributed by atoms with Crippen molar-refractivity contribution in [1.82, 2.24) is 9.97 Å². The highest BCUT2D eigenvalue weighted by atomic mass is 79.9. The number of pyridine rings is 2. The molecule has 2 aromatic heterocycles. The van der Waals surface area contributed by atoms with Crippen LogP contribution in [0, 0.1) is 0 Å². The zero-order valence-corrected chi connectivity index (χ0v) is 14.3. The van der Waals surface area contributed by atoms with E-state index in [1.807, 2.05) is 60.7 Å². The van der Waals surface area contributed by atoms with E-state index >= 15 is 0 Å². The van der Waals surface area contributed by atoms with Gasteiger partial charge in [-0.2, -0.15) is 0 Å². The van der Waals surface area contributed by atoms with Crippen LogP contribution in [0.4, 0.5) is 11.6 Å². The molecule has 1 N–H and O–H groups in total. The smallest absolute Gasteiger partial charge is 0.146 e. The van der Waals surface area contributed by atoms with Crippen molar-refractivity contribution in [2.45, 2.75) is 0 Å². The number of nitrogens with zero attached hydrogens (tertiary/aromatic N) is 2. The second-order valence-electron chi connectivity index (χ2n) is 5.14. The van der Waals surface area contributed by atoms with Crippen LogP contribution in [0.2, 0.25) is 5.02 Å². The van der Waals surface area contributed by atoms with Crippen LogP contribution in [-0.2, 0) is 0 Å². The standard InChI is InChI=1S/C18H11BrClN3/c19-13-9-11-5-1-3-7-15(11)22-18(13)23-17-10-14(20)12-6-2-4-8-16(12)21-17/h1-10H,(H,21,22,23). The van der Waals surface area contributed by atoms with E-state index in [0.717, 1.165) is 26.3 Å². The molecule has 0 spiro atoms. The first-order valence-corrected chi connectivity index (χ1v) is 8.25. The fraction of sp³-hybridized carbons (Fsp3) is 0. The first-order chi connectivity index (χ1) is 11.2. The number of aromatic nitrogens is 2. The minimum Gasteiger partial charge on any atom is -0.324 e. The summed E-state index contributed by atoms with van der Waals surface area (Å²) in [6.45, 7) is 0. The molecule has 0 aliphatic rings. The molecule has 0 unspecified atom stereocenters. The van der Waals surface area contributed by atoms with Gasteiger partial charge >= 0.3 is 0 Å². The molecule has 23 heavy (non-hydrogen) atoms. The van der Waals surface area contributed by atoms with Crippen LogP contribution in [0.15, 0.2) is 65.1 Å². The number of anilines is 2. The summed E-state index contributed by atoms with van der Waals surface area (Å²) >= 11 is 9.91. The van der Waals surface area contributed by atoms with Gasteiger partial charge in [0.05, 0.1) is 20.5 Å². The van der Waals surface area contributed by atoms with Crippen LogP contribution in [0.1, 0.15) is 0 Å². The van der Waals surface area contributed by atoms with Crippen molar-refractivity contribution in [3.05, 3.63) is 70.2 Å². The summed E-state index contributed by atoms with van der Waals surface area (Å²) in [6.07, 6.45) is 0. The van der Waals surface area contributed by atoms with Gasteiger partial charge in [0, 0.05) is 16.8 Å². The van der Waals surface area contributed by atoms with Crippen molar-refractivity contribution < 1.29 is 0 Å². The minimum atomic E-state index is 0.662. The average Bonchev–Trinajstić information content (AvgIpc) is 2.56. The van der Waals surface area contributed by atoms with Gasteiger partial charge in [0.1, 0.15) is 11.6 Å². The Balaban J connectivity index is 1.80. The Bertz CT molecular complexity index is 1030. The van der Waals surface area contributed by atoms with E-state index in [-0.39, 0.29) is 0 Å². The van der Waals surface area contributed by atoms with Gasteiger partial charge in [0.15, 0.2) is 0 Å². The van der Waals surface area contributed by atoms with E-state index in [9.17, 15) is 0 Å². The normalized spacial score (nSPS) is 11.0. The van der Waals surface area contributed by atoms with Crippen molar-refractivity contribution in [2.24, 2.45) is 0 Å². The van der Waals surface area contributed by atoms with Gasteiger partial charge in [-0.3, -0.25) is 0 Å². The molecule has 4 rings (SSSR count). The molecule has 2 heterocycles. The molecule has 112 valence electrons. The molecule has 0 aliphatic heterocycles. The molecule has 0 saturated heterocycles. The highest BCUT2D eigenvalue weighted by Gasteiger charge is 2.08. The fourth-order valence-electron chi connectivity index (χ4n) is 2.50. The first-order valence-electron chi connectivity index (χ1n) is 7.08. The summed E-state index contributed by atoms with van der Waals surface area (Å²) in [4.78, 5) is 9.23. The molecule has 3 nitrogen and oxygen atoms in total. The van der Waals surface area contributed by atoms with Gasteiger partial charge < -0.3 is 5.32 Å². The fourth-order valence-corrected chi connectivity index (χ4v) is 3.19. The molecule has 2 aromatic carbocycles. The average molecular weight is 385 g/mol. The summed E-state index contributed by atoms with van der Waals surface area (Å²) in [5.41, 5.74) is 1.77. The molecule has 0 bridgehead atoms. The molecule has 5 heteroatoms. The summed E-state index contributed by atoms with van der Waals surface area (Å²) in [6, 6.07) is 19.6. The van der Waals surface area contributed by atoms with Crippen molar-refractivity contribution >= 4 is 61.0 Å². The third kappa shape index (κ3) is 2.76. The molecule has 0 amide bonds. The van der Waals surface area contributed by atoms with Gasteiger partial charge in [-0.05, 0) is 34.1 Å². The topological polar surface area (TPSA) is 37.8 Å². The number of hydrogen-bond donors (Lipinski definition) is 1. The number of halogens is 2. The second-order valence-corrected chi connectivity index (χ2v) is 6.40. The molecular weight excluding hydrogens is 374 g/mol. The highest BCUT2D eigenvalue weighted by molar-refractivity contribution is 9.10. The van der Waals surface area contributed by atoms with Gasteiger partial charge in [0.25, 0.3) is 0 Å². The van der Waals surface area contributed by atoms with Gasteiger partial charge in [-0.1, -0.05) is 48.0 Å². The lowest BCUT2D eigenvalue weighted by Crippen LogP contribution is -1.98. The first kappa shape index (κ1) is 14.4. The summed E-state index contributed by atoms with van der Waals surface area (Å²) < 4.78 is 0.877.